The smallest absolute Gasteiger partial charge is 0.355 e. The van der Waals surface area contributed by atoms with E-state index in [1.165, 1.54) is 12.7 Å². The van der Waals surface area contributed by atoms with E-state index < -0.39 is 12.6 Å². The lowest BCUT2D eigenvalue weighted by atomic mass is 9.88. The summed E-state index contributed by atoms with van der Waals surface area (Å²) in [5.74, 6) is 2.72. The van der Waals surface area contributed by atoms with Gasteiger partial charge in [0.25, 0.3) is 0 Å². The monoisotopic (exact) mass is 398 g/mol. The van der Waals surface area contributed by atoms with Crippen LogP contribution in [0, 0.1) is 17.8 Å². The zero-order valence-corrected chi connectivity index (χ0v) is 16.5. The van der Waals surface area contributed by atoms with Crippen molar-refractivity contribution in [3.8, 4) is 0 Å². The van der Waals surface area contributed by atoms with Gasteiger partial charge in [-0.15, -0.1) is 11.3 Å². The Balaban J connectivity index is 1.53. The molecule has 27 heavy (non-hydrogen) atoms. The Morgan fingerprint density at radius 1 is 1.19 bits per heavy atom. The number of likely N-dealkylation sites (tertiary alicyclic amines) is 1. The molecule has 0 amide bonds. The van der Waals surface area contributed by atoms with Crippen molar-refractivity contribution in [2.75, 3.05) is 37.6 Å². The van der Waals surface area contributed by atoms with Crippen molar-refractivity contribution in [3.05, 3.63) is 17.3 Å². The summed E-state index contributed by atoms with van der Waals surface area (Å²) in [7, 11) is 0. The maximum absolute atomic E-state index is 12.8. The van der Waals surface area contributed by atoms with E-state index in [0.29, 0.717) is 27.5 Å². The Morgan fingerprint density at radius 2 is 1.96 bits per heavy atom. The van der Waals surface area contributed by atoms with Gasteiger partial charge in [-0.05, 0) is 36.8 Å². The SMILES string of the molecule is CC(C)CN1CC[C@@H]2CN(c3ncnc4sc(CC(F)(F)F)cc34)C[C@@H]2C1. The lowest BCUT2D eigenvalue weighted by Crippen LogP contribution is -2.41. The van der Waals surface area contributed by atoms with Gasteiger partial charge in [-0.25, -0.2) is 9.97 Å². The summed E-state index contributed by atoms with van der Waals surface area (Å²) in [6.45, 7) is 9.75. The molecular weight excluding hydrogens is 373 g/mol. The number of hydrogen-bond donors (Lipinski definition) is 0. The van der Waals surface area contributed by atoms with Crippen LogP contribution in [0.5, 0.6) is 0 Å². The van der Waals surface area contributed by atoms with E-state index >= 15 is 0 Å². The van der Waals surface area contributed by atoms with Crippen LogP contribution in [0.25, 0.3) is 10.2 Å². The number of thiophene rings is 1. The third-order valence-corrected chi connectivity index (χ3v) is 6.59. The second-order valence-electron chi connectivity index (χ2n) is 8.29. The molecule has 2 aromatic heterocycles. The maximum atomic E-state index is 12.8. The Hall–Kier alpha value is -1.41. The molecule has 2 aliphatic rings. The zero-order chi connectivity index (χ0) is 19.2. The largest absolute Gasteiger partial charge is 0.393 e. The van der Waals surface area contributed by atoms with Crippen molar-refractivity contribution < 1.29 is 13.2 Å². The Morgan fingerprint density at radius 3 is 2.70 bits per heavy atom. The fourth-order valence-corrected chi connectivity index (χ4v) is 5.55. The predicted molar refractivity (Wildman–Crippen MR) is 102 cm³/mol. The molecule has 2 atom stereocenters. The first kappa shape index (κ1) is 18.9. The quantitative estimate of drug-likeness (QED) is 0.772. The number of hydrogen-bond acceptors (Lipinski definition) is 5. The molecule has 0 radical (unpaired) electrons. The minimum atomic E-state index is -4.20. The van der Waals surface area contributed by atoms with Gasteiger partial charge in [-0.2, -0.15) is 13.2 Å². The van der Waals surface area contributed by atoms with Crippen LogP contribution in [0.1, 0.15) is 25.1 Å². The lowest BCUT2D eigenvalue weighted by Gasteiger charge is -2.35. The fourth-order valence-electron chi connectivity index (χ4n) is 4.53. The third kappa shape index (κ3) is 4.21. The molecule has 0 spiro atoms. The molecule has 2 aromatic rings. The standard InChI is InChI=1S/C19H25F3N4S/c1-12(2)7-25-4-3-13-9-26(10-14(13)8-25)17-16-5-15(6-19(20,21)22)27-18(16)24-11-23-17/h5,11-14H,3-4,6-10H2,1-2H3/t13-,14+/m1/s1. The average Bonchev–Trinajstić information content (AvgIpc) is 3.14. The number of fused-ring (bicyclic) bond motifs is 2. The van der Waals surface area contributed by atoms with Gasteiger partial charge in [0.2, 0.25) is 0 Å². The minimum Gasteiger partial charge on any atom is -0.355 e. The molecule has 148 valence electrons. The van der Waals surface area contributed by atoms with Gasteiger partial charge in [-0.1, -0.05) is 13.8 Å². The molecule has 4 heterocycles. The van der Waals surface area contributed by atoms with Gasteiger partial charge in [0.05, 0.1) is 11.8 Å². The van der Waals surface area contributed by atoms with E-state index in [-0.39, 0.29) is 0 Å². The number of rotatable bonds is 4. The van der Waals surface area contributed by atoms with E-state index in [9.17, 15) is 13.2 Å². The van der Waals surface area contributed by atoms with Gasteiger partial charge < -0.3 is 9.80 Å². The molecule has 2 fully saturated rings. The number of anilines is 1. The lowest BCUT2D eigenvalue weighted by molar-refractivity contribution is -0.126. The van der Waals surface area contributed by atoms with Gasteiger partial charge in [0, 0.05) is 31.1 Å². The highest BCUT2D eigenvalue weighted by molar-refractivity contribution is 7.18. The fraction of sp³-hybridized carbons (Fsp3) is 0.684. The summed E-state index contributed by atoms with van der Waals surface area (Å²) in [6, 6.07) is 1.63. The number of alkyl halides is 3. The second kappa shape index (κ2) is 7.20. The number of nitrogens with zero attached hydrogens (tertiary/aromatic N) is 4. The van der Waals surface area contributed by atoms with Crippen LogP contribution in [0.4, 0.5) is 19.0 Å². The van der Waals surface area contributed by atoms with E-state index in [2.05, 4.69) is 33.6 Å². The van der Waals surface area contributed by atoms with Crippen LogP contribution in [-0.2, 0) is 6.42 Å². The molecule has 0 aliphatic carbocycles. The Labute approximate surface area is 161 Å². The van der Waals surface area contributed by atoms with Crippen LogP contribution >= 0.6 is 11.3 Å². The molecule has 0 unspecified atom stereocenters. The predicted octanol–water partition coefficient (Wildman–Crippen LogP) is 4.21. The van der Waals surface area contributed by atoms with Crippen LogP contribution in [0.2, 0.25) is 0 Å². The summed E-state index contributed by atoms with van der Waals surface area (Å²) >= 11 is 1.12. The first-order valence-electron chi connectivity index (χ1n) is 9.56. The summed E-state index contributed by atoms with van der Waals surface area (Å²) in [4.78, 5) is 14.4. The van der Waals surface area contributed by atoms with Crippen LogP contribution < -0.4 is 4.90 Å². The van der Waals surface area contributed by atoms with Crippen molar-refractivity contribution in [3.63, 3.8) is 0 Å². The molecule has 2 saturated heterocycles. The van der Waals surface area contributed by atoms with Gasteiger partial charge in [0.1, 0.15) is 17.0 Å². The van der Waals surface area contributed by atoms with E-state index in [0.717, 1.165) is 55.3 Å². The van der Waals surface area contributed by atoms with Crippen molar-refractivity contribution in [2.24, 2.45) is 17.8 Å². The summed E-state index contributed by atoms with van der Waals surface area (Å²) in [5.41, 5.74) is 0. The summed E-state index contributed by atoms with van der Waals surface area (Å²) in [6.07, 6.45) is -2.43. The molecule has 0 saturated carbocycles. The molecule has 4 rings (SSSR count). The van der Waals surface area contributed by atoms with E-state index in [1.807, 2.05) is 0 Å². The third-order valence-electron chi connectivity index (χ3n) is 5.54. The van der Waals surface area contributed by atoms with Gasteiger partial charge >= 0.3 is 6.18 Å². The van der Waals surface area contributed by atoms with Crippen molar-refractivity contribution in [1.82, 2.24) is 14.9 Å². The van der Waals surface area contributed by atoms with Gasteiger partial charge in [0.15, 0.2) is 0 Å². The molecule has 0 N–H and O–H groups in total. The minimum absolute atomic E-state index is 0.305. The first-order chi connectivity index (χ1) is 12.8. The highest BCUT2D eigenvalue weighted by Gasteiger charge is 2.38. The topological polar surface area (TPSA) is 32.3 Å². The van der Waals surface area contributed by atoms with E-state index in [1.54, 1.807) is 6.07 Å². The average molecular weight is 398 g/mol. The maximum Gasteiger partial charge on any atom is 0.393 e. The molecule has 2 aliphatic heterocycles. The van der Waals surface area contributed by atoms with Crippen molar-refractivity contribution in [1.29, 1.82) is 0 Å². The molecule has 0 aromatic carbocycles. The highest BCUT2D eigenvalue weighted by Crippen LogP contribution is 2.38. The Kier molecular flexibility index (Phi) is 5.05. The van der Waals surface area contributed by atoms with Gasteiger partial charge in [-0.3, -0.25) is 0 Å². The normalized spacial score (nSPS) is 24.1. The first-order valence-corrected chi connectivity index (χ1v) is 10.4. The number of piperidine rings is 1. The number of aromatic nitrogens is 2. The summed E-state index contributed by atoms with van der Waals surface area (Å²) < 4.78 is 38.3. The highest BCUT2D eigenvalue weighted by atomic mass is 32.1. The van der Waals surface area contributed by atoms with Crippen molar-refractivity contribution in [2.45, 2.75) is 32.9 Å². The van der Waals surface area contributed by atoms with E-state index in [4.69, 9.17) is 0 Å². The molecule has 8 heteroatoms. The van der Waals surface area contributed by atoms with Crippen molar-refractivity contribution >= 4 is 27.4 Å². The van der Waals surface area contributed by atoms with Crippen LogP contribution in [-0.4, -0.2) is 53.8 Å². The van der Waals surface area contributed by atoms with Crippen LogP contribution in [0.15, 0.2) is 12.4 Å². The second-order valence-corrected chi connectivity index (χ2v) is 9.40. The molecule has 0 bridgehead atoms. The molecular formula is C19H25F3N4S. The zero-order valence-electron chi connectivity index (χ0n) is 15.7. The Bertz CT molecular complexity index is 804. The van der Waals surface area contributed by atoms with Crippen LogP contribution in [0.3, 0.4) is 0 Å². The summed E-state index contributed by atoms with van der Waals surface area (Å²) in [5, 5.41) is 0.763. The number of halogens is 3. The molecule has 4 nitrogen and oxygen atoms in total.